The third-order valence-electron chi connectivity index (χ3n) is 5.06. The maximum Gasteiger partial charge on any atom is 0.311 e. The first-order valence-corrected chi connectivity index (χ1v) is 11.7. The van der Waals surface area contributed by atoms with Crippen molar-refractivity contribution < 1.29 is 23.8 Å². The van der Waals surface area contributed by atoms with Gasteiger partial charge in [-0.25, -0.2) is 0 Å². The Morgan fingerprint density at radius 3 is 1.73 bits per heavy atom. The fourth-order valence-electron chi connectivity index (χ4n) is 3.23. The van der Waals surface area contributed by atoms with Gasteiger partial charge in [-0.2, -0.15) is 0 Å². The Morgan fingerprint density at radius 1 is 0.667 bits per heavy atom. The summed E-state index contributed by atoms with van der Waals surface area (Å²) in [6, 6.07) is 6.82. The number of benzene rings is 1. The molecule has 0 bridgehead atoms. The molecule has 0 aliphatic heterocycles. The van der Waals surface area contributed by atoms with Crippen LogP contribution in [0.3, 0.4) is 0 Å². The van der Waals surface area contributed by atoms with E-state index >= 15 is 0 Å². The molecule has 0 aliphatic carbocycles. The molecule has 0 spiro atoms. The minimum absolute atomic E-state index is 0.194. The van der Waals surface area contributed by atoms with Crippen LogP contribution in [0.1, 0.15) is 96.8 Å². The van der Waals surface area contributed by atoms with E-state index in [1.165, 1.54) is 57.8 Å². The van der Waals surface area contributed by atoms with Crippen LogP contribution in [-0.2, 0) is 14.3 Å². The summed E-state index contributed by atoms with van der Waals surface area (Å²) in [6.07, 6.45) is 14.9. The average Bonchev–Trinajstić information content (AvgIpc) is 2.75. The molecular formula is C25H40O5. The molecule has 0 aromatic heterocycles. The first kappa shape index (κ1) is 26.0. The van der Waals surface area contributed by atoms with Crippen LogP contribution < -0.4 is 9.47 Å². The van der Waals surface area contributed by atoms with E-state index in [0.29, 0.717) is 24.5 Å². The Morgan fingerprint density at radius 2 is 1.17 bits per heavy atom. The lowest BCUT2D eigenvalue weighted by Crippen LogP contribution is -2.10. The van der Waals surface area contributed by atoms with Gasteiger partial charge < -0.3 is 14.2 Å². The van der Waals surface area contributed by atoms with Crippen molar-refractivity contribution in [2.75, 3.05) is 13.7 Å². The molecule has 1 aromatic rings. The number of rotatable bonds is 18. The van der Waals surface area contributed by atoms with E-state index in [1.807, 2.05) is 0 Å². The van der Waals surface area contributed by atoms with E-state index in [2.05, 4.69) is 6.92 Å². The van der Waals surface area contributed by atoms with E-state index in [-0.39, 0.29) is 24.8 Å². The van der Waals surface area contributed by atoms with Crippen molar-refractivity contribution in [1.82, 2.24) is 0 Å². The molecule has 0 amide bonds. The lowest BCUT2D eigenvalue weighted by Gasteiger charge is -2.06. The van der Waals surface area contributed by atoms with Crippen LogP contribution >= 0.6 is 0 Å². The molecule has 5 nitrogen and oxygen atoms in total. The SMILES string of the molecule is CCCCCCCCCCCCCOC(=O)CCCC(=O)Oc1ccc(OC)cc1. The van der Waals surface area contributed by atoms with Crippen molar-refractivity contribution in [2.24, 2.45) is 0 Å². The highest BCUT2D eigenvalue weighted by molar-refractivity contribution is 5.74. The molecule has 0 radical (unpaired) electrons. The van der Waals surface area contributed by atoms with E-state index < -0.39 is 0 Å². The number of hydrogen-bond donors (Lipinski definition) is 0. The fourth-order valence-corrected chi connectivity index (χ4v) is 3.23. The Bertz CT molecular complexity index is 567. The van der Waals surface area contributed by atoms with Gasteiger partial charge >= 0.3 is 11.9 Å². The van der Waals surface area contributed by atoms with Crippen molar-refractivity contribution in [3.05, 3.63) is 24.3 Å². The number of unbranched alkanes of at least 4 members (excludes halogenated alkanes) is 10. The van der Waals surface area contributed by atoms with Crippen molar-refractivity contribution in [1.29, 1.82) is 0 Å². The van der Waals surface area contributed by atoms with E-state index in [0.717, 1.165) is 12.8 Å². The molecule has 5 heteroatoms. The highest BCUT2D eigenvalue weighted by Gasteiger charge is 2.08. The predicted octanol–water partition coefficient (Wildman–Crippen LogP) is 6.63. The first-order chi connectivity index (χ1) is 14.7. The molecule has 1 rings (SSSR count). The quantitative estimate of drug-likeness (QED) is 0.152. The van der Waals surface area contributed by atoms with E-state index in [4.69, 9.17) is 14.2 Å². The monoisotopic (exact) mass is 420 g/mol. The largest absolute Gasteiger partial charge is 0.497 e. The zero-order valence-corrected chi connectivity index (χ0v) is 19.0. The number of methoxy groups -OCH3 is 1. The molecule has 30 heavy (non-hydrogen) atoms. The van der Waals surface area contributed by atoms with Gasteiger partial charge in [-0.05, 0) is 37.1 Å². The van der Waals surface area contributed by atoms with Gasteiger partial charge in [0.15, 0.2) is 0 Å². The third-order valence-corrected chi connectivity index (χ3v) is 5.06. The number of ether oxygens (including phenoxy) is 3. The van der Waals surface area contributed by atoms with Crippen molar-refractivity contribution in [3.8, 4) is 11.5 Å². The minimum Gasteiger partial charge on any atom is -0.497 e. The van der Waals surface area contributed by atoms with Crippen LogP contribution in [0.25, 0.3) is 0 Å². The van der Waals surface area contributed by atoms with Crippen LogP contribution in [0.5, 0.6) is 11.5 Å². The van der Waals surface area contributed by atoms with Crippen molar-refractivity contribution in [2.45, 2.75) is 96.8 Å². The summed E-state index contributed by atoms with van der Waals surface area (Å²) in [4.78, 5) is 23.6. The zero-order valence-electron chi connectivity index (χ0n) is 19.0. The second-order valence-electron chi connectivity index (χ2n) is 7.76. The third kappa shape index (κ3) is 14.0. The van der Waals surface area contributed by atoms with Crippen molar-refractivity contribution >= 4 is 11.9 Å². The molecule has 170 valence electrons. The highest BCUT2D eigenvalue weighted by atomic mass is 16.5. The average molecular weight is 421 g/mol. The fraction of sp³-hybridized carbons (Fsp3) is 0.680. The number of esters is 2. The van der Waals surface area contributed by atoms with Crippen molar-refractivity contribution in [3.63, 3.8) is 0 Å². The summed E-state index contributed by atoms with van der Waals surface area (Å²) in [5.41, 5.74) is 0. The molecule has 1 aromatic carbocycles. The van der Waals surface area contributed by atoms with E-state index in [1.54, 1.807) is 31.4 Å². The number of carbonyl (C=O) groups excluding carboxylic acids is 2. The maximum atomic E-state index is 11.8. The van der Waals surface area contributed by atoms with Crippen LogP contribution in [0.15, 0.2) is 24.3 Å². The Labute approximate surface area is 182 Å². The second kappa shape index (κ2) is 17.8. The number of hydrogen-bond acceptors (Lipinski definition) is 5. The molecule has 0 aliphatic rings. The molecule has 0 saturated carbocycles. The van der Waals surface area contributed by atoms with Gasteiger partial charge in [0.2, 0.25) is 0 Å². The molecule has 0 fully saturated rings. The summed E-state index contributed by atoms with van der Waals surface area (Å²) in [6.45, 7) is 2.73. The second-order valence-corrected chi connectivity index (χ2v) is 7.76. The summed E-state index contributed by atoms with van der Waals surface area (Å²) >= 11 is 0. The molecule has 0 heterocycles. The van der Waals surface area contributed by atoms with Gasteiger partial charge in [0, 0.05) is 12.8 Å². The predicted molar refractivity (Wildman–Crippen MR) is 120 cm³/mol. The van der Waals surface area contributed by atoms with Gasteiger partial charge in [-0.15, -0.1) is 0 Å². The molecule has 0 atom stereocenters. The van der Waals surface area contributed by atoms with Crippen LogP contribution in [0.4, 0.5) is 0 Å². The lowest BCUT2D eigenvalue weighted by molar-refractivity contribution is -0.144. The van der Waals surface area contributed by atoms with Crippen LogP contribution in [0, 0.1) is 0 Å². The normalized spacial score (nSPS) is 10.6. The van der Waals surface area contributed by atoms with E-state index in [9.17, 15) is 9.59 Å². The smallest absolute Gasteiger partial charge is 0.311 e. The minimum atomic E-state index is -0.349. The van der Waals surface area contributed by atoms with Gasteiger partial charge in [0.05, 0.1) is 13.7 Å². The summed E-state index contributed by atoms with van der Waals surface area (Å²) < 4.78 is 15.5. The standard InChI is InChI=1S/C25H40O5/c1-3-4-5-6-7-8-9-10-11-12-13-21-29-24(26)15-14-16-25(27)30-23-19-17-22(28-2)18-20-23/h17-20H,3-16,21H2,1-2H3. The summed E-state index contributed by atoms with van der Waals surface area (Å²) in [7, 11) is 1.58. The topological polar surface area (TPSA) is 61.8 Å². The Balaban J connectivity index is 1.91. The summed E-state index contributed by atoms with van der Waals surface area (Å²) in [5, 5.41) is 0. The van der Waals surface area contributed by atoms with Gasteiger partial charge in [0.1, 0.15) is 11.5 Å². The van der Waals surface area contributed by atoms with Gasteiger partial charge in [0.25, 0.3) is 0 Å². The number of carbonyl (C=O) groups is 2. The van der Waals surface area contributed by atoms with Crippen LogP contribution in [0.2, 0.25) is 0 Å². The Hall–Kier alpha value is -2.04. The molecule has 0 saturated heterocycles. The zero-order chi connectivity index (χ0) is 21.9. The first-order valence-electron chi connectivity index (χ1n) is 11.7. The highest BCUT2D eigenvalue weighted by Crippen LogP contribution is 2.18. The lowest BCUT2D eigenvalue weighted by atomic mass is 10.1. The molecular weight excluding hydrogens is 380 g/mol. The Kier molecular flexibility index (Phi) is 15.4. The summed E-state index contributed by atoms with van der Waals surface area (Å²) in [5.74, 6) is 0.591. The van der Waals surface area contributed by atoms with Crippen LogP contribution in [-0.4, -0.2) is 25.7 Å². The maximum absolute atomic E-state index is 11.8. The van der Waals surface area contributed by atoms with Gasteiger partial charge in [-0.3, -0.25) is 9.59 Å². The molecule has 0 N–H and O–H groups in total. The molecule has 0 unspecified atom stereocenters. The van der Waals surface area contributed by atoms with Gasteiger partial charge in [-0.1, -0.05) is 71.1 Å².